The molecule has 1 aliphatic heterocycles. The number of rotatable bonds is 5. The average Bonchev–Trinajstić information content (AvgIpc) is 2.98. The van der Waals surface area contributed by atoms with Crippen LogP contribution in [0.1, 0.15) is 28.5 Å². The summed E-state index contributed by atoms with van der Waals surface area (Å²) in [4.78, 5) is 14.6. The number of carbonyl (C=O) groups excluding carboxylic acids is 1. The number of carbonyl (C=O) groups is 1. The van der Waals surface area contributed by atoms with Gasteiger partial charge in [0, 0.05) is 10.7 Å². The summed E-state index contributed by atoms with van der Waals surface area (Å²) in [5.41, 5.74) is 1.51. The Labute approximate surface area is 156 Å². The van der Waals surface area contributed by atoms with Gasteiger partial charge in [0.2, 0.25) is 0 Å². The van der Waals surface area contributed by atoms with Crippen molar-refractivity contribution < 1.29 is 22.7 Å². The number of aryl methyl sites for hydroxylation is 1. The van der Waals surface area contributed by atoms with Gasteiger partial charge in [-0.15, -0.1) is 0 Å². The van der Waals surface area contributed by atoms with Gasteiger partial charge in [0.15, 0.2) is 0 Å². The van der Waals surface area contributed by atoms with E-state index in [4.69, 9.17) is 21.1 Å². The van der Waals surface area contributed by atoms with Gasteiger partial charge in [-0.25, -0.2) is 17.9 Å². The zero-order valence-corrected chi connectivity index (χ0v) is 15.9. The molecule has 2 aromatic rings. The van der Waals surface area contributed by atoms with E-state index in [0.29, 0.717) is 22.9 Å². The number of hydrogen-bond donors (Lipinski definition) is 2. The first-order valence-electron chi connectivity index (χ1n) is 8.10. The van der Waals surface area contributed by atoms with Crippen LogP contribution in [-0.2, 0) is 21.2 Å². The number of fused-ring (bicyclic) bond motifs is 1. The van der Waals surface area contributed by atoms with Gasteiger partial charge in [-0.05, 0) is 44.0 Å². The molecule has 1 unspecified atom stereocenters. The molecule has 2 N–H and O–H groups in total. The second-order valence-corrected chi connectivity index (χ2v) is 8.10. The maximum absolute atomic E-state index is 12.6. The van der Waals surface area contributed by atoms with Crippen LogP contribution in [0.4, 0.5) is 0 Å². The highest BCUT2D eigenvalue weighted by Gasteiger charge is 2.28. The minimum atomic E-state index is -3.84. The summed E-state index contributed by atoms with van der Waals surface area (Å²) in [6.45, 7) is 3.71. The molecule has 140 valence electrons. The van der Waals surface area contributed by atoms with Gasteiger partial charge in [-0.1, -0.05) is 17.7 Å². The van der Waals surface area contributed by atoms with E-state index in [1.54, 1.807) is 26.0 Å². The van der Waals surface area contributed by atoms with Gasteiger partial charge in [0.1, 0.15) is 17.4 Å². The fourth-order valence-electron chi connectivity index (χ4n) is 2.80. The largest absolute Gasteiger partial charge is 0.492 e. The zero-order chi connectivity index (χ0) is 18.9. The lowest BCUT2D eigenvalue weighted by molar-refractivity contribution is 0.0525. The highest BCUT2D eigenvalue weighted by molar-refractivity contribution is 7.89. The number of sulfonamides is 1. The second-order valence-electron chi connectivity index (χ2n) is 5.98. The Morgan fingerprint density at radius 1 is 1.42 bits per heavy atom. The molecule has 0 radical (unpaired) electrons. The molecular weight excluding hydrogens is 380 g/mol. The Morgan fingerprint density at radius 3 is 2.92 bits per heavy atom. The molecular formula is C17H19ClN2O5S. The average molecular weight is 399 g/mol. The van der Waals surface area contributed by atoms with Crippen molar-refractivity contribution in [3.8, 4) is 5.75 Å². The molecule has 0 fully saturated rings. The molecule has 3 rings (SSSR count). The van der Waals surface area contributed by atoms with Crippen LogP contribution in [0.2, 0.25) is 5.02 Å². The van der Waals surface area contributed by atoms with Gasteiger partial charge < -0.3 is 14.5 Å². The van der Waals surface area contributed by atoms with Crippen molar-refractivity contribution in [2.75, 3.05) is 13.2 Å². The van der Waals surface area contributed by atoms with Crippen LogP contribution in [-0.4, -0.2) is 38.6 Å². The minimum Gasteiger partial charge on any atom is -0.492 e. The summed E-state index contributed by atoms with van der Waals surface area (Å²) in [6, 6.07) is 6.12. The van der Waals surface area contributed by atoms with E-state index < -0.39 is 22.0 Å². The van der Waals surface area contributed by atoms with Crippen LogP contribution < -0.4 is 9.46 Å². The van der Waals surface area contributed by atoms with Crippen LogP contribution >= 0.6 is 11.6 Å². The molecule has 0 saturated carbocycles. The van der Waals surface area contributed by atoms with Crippen molar-refractivity contribution in [1.82, 2.24) is 9.71 Å². The fraction of sp³-hybridized carbons (Fsp3) is 0.353. The number of ether oxygens (including phenoxy) is 2. The van der Waals surface area contributed by atoms with Gasteiger partial charge in [-0.2, -0.15) is 0 Å². The van der Waals surface area contributed by atoms with E-state index in [-0.39, 0.29) is 23.8 Å². The molecule has 9 heteroatoms. The first-order chi connectivity index (χ1) is 12.3. The lowest BCUT2D eigenvalue weighted by atomic mass is 10.0. The Hall–Kier alpha value is -2.03. The molecule has 0 amide bonds. The highest BCUT2D eigenvalue weighted by Crippen LogP contribution is 2.28. The summed E-state index contributed by atoms with van der Waals surface area (Å²) >= 11 is 5.93. The highest BCUT2D eigenvalue weighted by atomic mass is 35.5. The van der Waals surface area contributed by atoms with Crippen LogP contribution in [0.3, 0.4) is 0 Å². The second kappa shape index (κ2) is 7.30. The quantitative estimate of drug-likeness (QED) is 0.754. The van der Waals surface area contributed by atoms with Gasteiger partial charge >= 0.3 is 5.97 Å². The standard InChI is InChI=1S/C17H19ClN2O5S/c1-3-24-17(21)14-8-16(19-10(14)2)26(22,23)20-13-6-11-4-5-12(18)7-15(11)25-9-13/h4-5,7-8,13,19-20H,3,6,9H2,1-2H3. The number of aromatic nitrogens is 1. The monoisotopic (exact) mass is 398 g/mol. The van der Waals surface area contributed by atoms with E-state index in [2.05, 4.69) is 9.71 Å². The maximum Gasteiger partial charge on any atom is 0.339 e. The van der Waals surface area contributed by atoms with Crippen molar-refractivity contribution in [3.63, 3.8) is 0 Å². The molecule has 1 aliphatic rings. The van der Waals surface area contributed by atoms with Crippen molar-refractivity contribution in [2.24, 2.45) is 0 Å². The number of aromatic amines is 1. The van der Waals surface area contributed by atoms with Crippen molar-refractivity contribution in [2.45, 2.75) is 31.3 Å². The van der Waals surface area contributed by atoms with Crippen molar-refractivity contribution >= 4 is 27.6 Å². The number of benzene rings is 1. The summed E-state index contributed by atoms with van der Waals surface area (Å²) in [5.74, 6) is 0.0998. The number of esters is 1. The number of nitrogens with one attached hydrogen (secondary N) is 2. The summed E-state index contributed by atoms with van der Waals surface area (Å²) in [7, 11) is -3.84. The summed E-state index contributed by atoms with van der Waals surface area (Å²) in [6.07, 6.45) is 0.482. The van der Waals surface area contributed by atoms with Crippen molar-refractivity contribution in [1.29, 1.82) is 0 Å². The van der Waals surface area contributed by atoms with Crippen LogP contribution in [0, 0.1) is 6.92 Å². The topological polar surface area (TPSA) is 97.5 Å². The first-order valence-corrected chi connectivity index (χ1v) is 9.96. The van der Waals surface area contributed by atoms with Crippen LogP contribution in [0.15, 0.2) is 29.3 Å². The molecule has 7 nitrogen and oxygen atoms in total. The lowest BCUT2D eigenvalue weighted by Crippen LogP contribution is -2.42. The van der Waals surface area contributed by atoms with Crippen LogP contribution in [0.5, 0.6) is 5.75 Å². The Bertz CT molecular complexity index is 939. The SMILES string of the molecule is CCOC(=O)c1cc(S(=O)(=O)NC2COc3cc(Cl)ccc3C2)[nH]c1C. The van der Waals surface area contributed by atoms with E-state index >= 15 is 0 Å². The molecule has 2 heterocycles. The van der Waals surface area contributed by atoms with Gasteiger partial charge in [0.05, 0.1) is 18.2 Å². The summed E-state index contributed by atoms with van der Waals surface area (Å²) in [5, 5.41) is 0.482. The lowest BCUT2D eigenvalue weighted by Gasteiger charge is -2.25. The maximum atomic E-state index is 12.6. The van der Waals surface area contributed by atoms with E-state index in [1.165, 1.54) is 6.07 Å². The Morgan fingerprint density at radius 2 is 2.19 bits per heavy atom. The zero-order valence-electron chi connectivity index (χ0n) is 14.3. The van der Waals surface area contributed by atoms with Gasteiger partial charge in [-0.3, -0.25) is 0 Å². The van der Waals surface area contributed by atoms with Gasteiger partial charge in [0.25, 0.3) is 10.0 Å². The van der Waals surface area contributed by atoms with E-state index in [9.17, 15) is 13.2 Å². The van der Waals surface area contributed by atoms with E-state index in [0.717, 1.165) is 5.56 Å². The minimum absolute atomic E-state index is 0.0834. The fourth-order valence-corrected chi connectivity index (χ4v) is 4.24. The van der Waals surface area contributed by atoms with Crippen molar-refractivity contribution in [3.05, 3.63) is 46.1 Å². The van der Waals surface area contributed by atoms with E-state index in [1.807, 2.05) is 6.07 Å². The third-order valence-corrected chi connectivity index (χ3v) is 5.71. The molecule has 1 aromatic carbocycles. The predicted octanol–water partition coefficient (Wildman–Crippen LogP) is 2.44. The third kappa shape index (κ3) is 3.87. The number of hydrogen-bond acceptors (Lipinski definition) is 5. The first kappa shape index (κ1) is 18.8. The molecule has 0 bridgehead atoms. The third-order valence-electron chi connectivity index (χ3n) is 4.03. The molecule has 0 saturated heterocycles. The summed E-state index contributed by atoms with van der Waals surface area (Å²) < 4.78 is 38.4. The molecule has 1 aromatic heterocycles. The predicted molar refractivity (Wildman–Crippen MR) is 96.2 cm³/mol. The Kier molecular flexibility index (Phi) is 5.27. The molecule has 26 heavy (non-hydrogen) atoms. The molecule has 0 spiro atoms. The number of halogens is 1. The smallest absolute Gasteiger partial charge is 0.339 e. The number of H-pyrrole nitrogens is 1. The van der Waals surface area contributed by atoms with Crippen LogP contribution in [0.25, 0.3) is 0 Å². The molecule has 0 aliphatic carbocycles. The Balaban J connectivity index is 1.77. The molecule has 1 atom stereocenters. The normalized spacial score (nSPS) is 16.7.